The van der Waals surface area contributed by atoms with Crippen molar-refractivity contribution < 1.29 is 24.3 Å². The number of hydrogen-bond donors (Lipinski definition) is 6. The lowest BCUT2D eigenvalue weighted by Gasteiger charge is -2.24. The molecule has 0 aliphatic carbocycles. The minimum atomic E-state index is -1.14. The predicted molar refractivity (Wildman–Crippen MR) is 113 cm³/mol. The number of carbonyl (C=O) groups is 4. The van der Waals surface area contributed by atoms with Crippen LogP contribution in [0.15, 0.2) is 0 Å². The average molecular weight is 437 g/mol. The van der Waals surface area contributed by atoms with Crippen molar-refractivity contribution in [2.45, 2.75) is 57.8 Å². The monoisotopic (exact) mass is 436 g/mol. The number of aliphatic carboxylic acids is 1. The van der Waals surface area contributed by atoms with Crippen molar-refractivity contribution in [1.29, 1.82) is 0 Å². The number of nitrogens with two attached hydrogens (primary N) is 1. The van der Waals surface area contributed by atoms with Crippen LogP contribution in [0.3, 0.4) is 0 Å². The van der Waals surface area contributed by atoms with Gasteiger partial charge < -0.3 is 26.8 Å². The zero-order valence-corrected chi connectivity index (χ0v) is 18.4. The number of amides is 3. The van der Waals surface area contributed by atoms with E-state index in [0.29, 0.717) is 18.6 Å². The summed E-state index contributed by atoms with van der Waals surface area (Å²) in [6.07, 6.45) is 2.94. The van der Waals surface area contributed by atoms with Crippen molar-refractivity contribution in [3.05, 3.63) is 0 Å². The Morgan fingerprint density at radius 2 is 1.68 bits per heavy atom. The molecule has 3 amide bonds. The van der Waals surface area contributed by atoms with Crippen molar-refractivity contribution in [2.75, 3.05) is 17.8 Å². The number of hydrogen-bond acceptors (Lipinski definition) is 7. The SMILES string of the molecule is CCC(C)C(NC(=O)C(C)NC(=O)C(CS)NC(=O)C(N)CCSC)C(=O)O. The maximum Gasteiger partial charge on any atom is 0.326 e. The molecule has 0 aliphatic heterocycles. The lowest BCUT2D eigenvalue weighted by Crippen LogP contribution is -2.57. The molecule has 0 aromatic carbocycles. The number of carboxylic acids is 1. The van der Waals surface area contributed by atoms with Crippen LogP contribution in [0.2, 0.25) is 0 Å². The van der Waals surface area contributed by atoms with Gasteiger partial charge in [0.05, 0.1) is 6.04 Å². The second kappa shape index (κ2) is 13.7. The second-order valence-corrected chi connectivity index (χ2v) is 7.92. The third-order valence-electron chi connectivity index (χ3n) is 4.31. The van der Waals surface area contributed by atoms with Crippen LogP contribution >= 0.6 is 24.4 Å². The van der Waals surface area contributed by atoms with E-state index in [1.54, 1.807) is 18.7 Å². The summed E-state index contributed by atoms with van der Waals surface area (Å²) < 4.78 is 0. The number of carbonyl (C=O) groups excluding carboxylic acids is 3. The Labute approximate surface area is 175 Å². The van der Waals surface area contributed by atoms with E-state index in [-0.39, 0.29) is 11.7 Å². The molecule has 162 valence electrons. The highest BCUT2D eigenvalue weighted by Crippen LogP contribution is 2.08. The molecule has 0 spiro atoms. The number of rotatable bonds is 13. The molecule has 0 rings (SSSR count). The van der Waals surface area contributed by atoms with Crippen molar-refractivity contribution in [3.63, 3.8) is 0 Å². The Bertz CT molecular complexity index is 550. The summed E-state index contributed by atoms with van der Waals surface area (Å²) >= 11 is 5.63. The van der Waals surface area contributed by atoms with E-state index in [2.05, 4.69) is 28.6 Å². The minimum absolute atomic E-state index is 0.0196. The molecule has 6 N–H and O–H groups in total. The number of thiol groups is 1. The van der Waals surface area contributed by atoms with E-state index in [9.17, 15) is 24.3 Å². The second-order valence-electron chi connectivity index (χ2n) is 6.57. The summed E-state index contributed by atoms with van der Waals surface area (Å²) in [4.78, 5) is 48.0. The van der Waals surface area contributed by atoms with Crippen LogP contribution in [0.4, 0.5) is 0 Å². The molecule has 0 saturated heterocycles. The van der Waals surface area contributed by atoms with Crippen molar-refractivity contribution in [2.24, 2.45) is 11.7 Å². The molecule has 0 heterocycles. The Morgan fingerprint density at radius 3 is 2.14 bits per heavy atom. The van der Waals surface area contributed by atoms with Crippen LogP contribution in [0.5, 0.6) is 0 Å². The highest BCUT2D eigenvalue weighted by molar-refractivity contribution is 7.98. The summed E-state index contributed by atoms with van der Waals surface area (Å²) in [5.74, 6) is -2.36. The van der Waals surface area contributed by atoms with Gasteiger partial charge >= 0.3 is 5.97 Å². The largest absolute Gasteiger partial charge is 0.480 e. The molecule has 11 heteroatoms. The van der Waals surface area contributed by atoms with Crippen molar-refractivity contribution in [3.8, 4) is 0 Å². The molecule has 5 unspecified atom stereocenters. The highest BCUT2D eigenvalue weighted by atomic mass is 32.2. The molecule has 5 atom stereocenters. The van der Waals surface area contributed by atoms with Gasteiger partial charge in [0.25, 0.3) is 0 Å². The van der Waals surface area contributed by atoms with E-state index in [1.807, 2.05) is 13.2 Å². The van der Waals surface area contributed by atoms with E-state index >= 15 is 0 Å². The lowest BCUT2D eigenvalue weighted by atomic mass is 9.99. The fraction of sp³-hybridized carbons (Fsp3) is 0.765. The average Bonchev–Trinajstić information content (AvgIpc) is 2.66. The van der Waals surface area contributed by atoms with Crippen molar-refractivity contribution >= 4 is 48.1 Å². The number of nitrogens with one attached hydrogen (secondary N) is 3. The van der Waals surface area contributed by atoms with Crippen LogP contribution in [-0.2, 0) is 19.2 Å². The molecule has 0 radical (unpaired) electrons. The fourth-order valence-electron chi connectivity index (χ4n) is 2.19. The summed E-state index contributed by atoms with van der Waals surface area (Å²) in [5.41, 5.74) is 5.78. The molecule has 0 aliphatic rings. The van der Waals surface area contributed by atoms with Gasteiger partial charge in [-0.2, -0.15) is 24.4 Å². The van der Waals surface area contributed by atoms with Gasteiger partial charge in [-0.3, -0.25) is 14.4 Å². The highest BCUT2D eigenvalue weighted by Gasteiger charge is 2.29. The first-order valence-electron chi connectivity index (χ1n) is 9.08. The normalized spacial score (nSPS) is 16.2. The first kappa shape index (κ1) is 26.5. The van der Waals surface area contributed by atoms with Gasteiger partial charge in [-0.05, 0) is 31.3 Å². The smallest absolute Gasteiger partial charge is 0.326 e. The molecule has 28 heavy (non-hydrogen) atoms. The van der Waals surface area contributed by atoms with Gasteiger partial charge in [-0.1, -0.05) is 20.3 Å². The standard InChI is InChI=1S/C17H32N4O5S2/c1-5-9(2)13(17(25)26)21-14(22)10(3)19-16(24)12(8-27)20-15(23)11(18)6-7-28-4/h9-13,27H,5-8,18H2,1-4H3,(H,19,24)(H,20,23)(H,21,22)(H,25,26). The third-order valence-corrected chi connectivity index (χ3v) is 5.32. The summed E-state index contributed by atoms with van der Waals surface area (Å²) in [6.45, 7) is 4.97. The molecular weight excluding hydrogens is 404 g/mol. The fourth-order valence-corrected chi connectivity index (χ4v) is 2.94. The molecule has 0 aromatic heterocycles. The van der Waals surface area contributed by atoms with Crippen LogP contribution in [-0.4, -0.2) is 70.7 Å². The Balaban J connectivity index is 4.80. The quantitative estimate of drug-likeness (QED) is 0.215. The van der Waals surface area contributed by atoms with E-state index in [1.165, 1.54) is 6.92 Å². The lowest BCUT2D eigenvalue weighted by molar-refractivity contribution is -0.143. The summed E-state index contributed by atoms with van der Waals surface area (Å²) in [5, 5.41) is 16.7. The molecule has 0 aromatic rings. The molecule has 0 saturated carbocycles. The first-order valence-corrected chi connectivity index (χ1v) is 11.1. The topological polar surface area (TPSA) is 151 Å². The minimum Gasteiger partial charge on any atom is -0.480 e. The summed E-state index contributed by atoms with van der Waals surface area (Å²) in [6, 6.07) is -3.74. The zero-order valence-electron chi connectivity index (χ0n) is 16.7. The number of thioether (sulfide) groups is 1. The Hall–Kier alpha value is -1.46. The number of carboxylic acid groups (broad SMARTS) is 1. The maximum atomic E-state index is 12.4. The Kier molecular flexibility index (Phi) is 13.0. The Morgan fingerprint density at radius 1 is 1.07 bits per heavy atom. The van der Waals surface area contributed by atoms with Gasteiger partial charge in [0.1, 0.15) is 18.1 Å². The van der Waals surface area contributed by atoms with Crippen LogP contribution < -0.4 is 21.7 Å². The maximum absolute atomic E-state index is 12.4. The van der Waals surface area contributed by atoms with Gasteiger partial charge in [0.2, 0.25) is 17.7 Å². The van der Waals surface area contributed by atoms with Crippen LogP contribution in [0, 0.1) is 5.92 Å². The van der Waals surface area contributed by atoms with E-state index in [0.717, 1.165) is 0 Å². The van der Waals surface area contributed by atoms with Gasteiger partial charge in [0, 0.05) is 5.75 Å². The molecule has 0 bridgehead atoms. The van der Waals surface area contributed by atoms with Crippen LogP contribution in [0.25, 0.3) is 0 Å². The third kappa shape index (κ3) is 9.16. The molecule has 9 nitrogen and oxygen atoms in total. The summed E-state index contributed by atoms with van der Waals surface area (Å²) in [7, 11) is 0. The van der Waals surface area contributed by atoms with Gasteiger partial charge in [-0.25, -0.2) is 4.79 Å². The van der Waals surface area contributed by atoms with Crippen LogP contribution in [0.1, 0.15) is 33.6 Å². The van der Waals surface area contributed by atoms with E-state index < -0.39 is 47.9 Å². The van der Waals surface area contributed by atoms with Crippen molar-refractivity contribution in [1.82, 2.24) is 16.0 Å². The van der Waals surface area contributed by atoms with Gasteiger partial charge in [-0.15, -0.1) is 0 Å². The van der Waals surface area contributed by atoms with Gasteiger partial charge in [0.15, 0.2) is 0 Å². The zero-order chi connectivity index (χ0) is 21.9. The predicted octanol–water partition coefficient (Wildman–Crippen LogP) is -0.398. The first-order chi connectivity index (χ1) is 13.1. The molecular formula is C17H32N4O5S2. The van der Waals surface area contributed by atoms with E-state index in [4.69, 9.17) is 5.73 Å². The molecule has 0 fully saturated rings.